The van der Waals surface area contributed by atoms with E-state index < -0.39 is 17.7 Å². The van der Waals surface area contributed by atoms with Crippen LogP contribution in [0.5, 0.6) is 0 Å². The monoisotopic (exact) mass is 245 g/mol. The summed E-state index contributed by atoms with van der Waals surface area (Å²) >= 11 is 5.87. The summed E-state index contributed by atoms with van der Waals surface area (Å²) in [6.45, 7) is 2.62. The molecule has 0 saturated heterocycles. The van der Waals surface area contributed by atoms with Crippen molar-refractivity contribution in [2.24, 2.45) is 5.73 Å². The Kier molecular flexibility index (Phi) is 3.55. The SMILES string of the molecule is CC(C)(F)c1c(Cl)cccc1C(N)C(=O)O. The van der Waals surface area contributed by atoms with Gasteiger partial charge in [-0.3, -0.25) is 4.79 Å². The van der Waals surface area contributed by atoms with Gasteiger partial charge in [-0.2, -0.15) is 0 Å². The molecule has 1 unspecified atom stereocenters. The molecule has 0 spiro atoms. The third-order valence-electron chi connectivity index (χ3n) is 2.24. The van der Waals surface area contributed by atoms with Gasteiger partial charge in [0.2, 0.25) is 0 Å². The number of alkyl halides is 1. The Hall–Kier alpha value is -1.13. The zero-order chi connectivity index (χ0) is 12.5. The van der Waals surface area contributed by atoms with Gasteiger partial charge in [0.1, 0.15) is 11.7 Å². The van der Waals surface area contributed by atoms with Crippen molar-refractivity contribution in [3.63, 3.8) is 0 Å². The molecule has 0 aliphatic carbocycles. The van der Waals surface area contributed by atoms with Gasteiger partial charge >= 0.3 is 5.97 Å². The van der Waals surface area contributed by atoms with Gasteiger partial charge in [0, 0.05) is 10.6 Å². The summed E-state index contributed by atoms with van der Waals surface area (Å²) in [5.74, 6) is -1.22. The van der Waals surface area contributed by atoms with Gasteiger partial charge in [0.05, 0.1) is 0 Å². The molecule has 1 rings (SSSR count). The highest BCUT2D eigenvalue weighted by molar-refractivity contribution is 6.31. The Morgan fingerprint density at radius 2 is 2.12 bits per heavy atom. The molecular formula is C11H13ClFNO2. The molecule has 0 amide bonds. The molecule has 1 aromatic carbocycles. The van der Waals surface area contributed by atoms with Crippen LogP contribution in [-0.4, -0.2) is 11.1 Å². The fourth-order valence-corrected chi connectivity index (χ4v) is 1.97. The lowest BCUT2D eigenvalue weighted by molar-refractivity contribution is -0.138. The maximum atomic E-state index is 13.9. The van der Waals surface area contributed by atoms with Crippen molar-refractivity contribution >= 4 is 17.6 Å². The Labute approximate surface area is 98.0 Å². The van der Waals surface area contributed by atoms with Crippen LogP contribution in [-0.2, 0) is 10.5 Å². The summed E-state index contributed by atoms with van der Waals surface area (Å²) in [5.41, 5.74) is 4.08. The molecule has 5 heteroatoms. The molecule has 0 aliphatic rings. The summed E-state index contributed by atoms with van der Waals surface area (Å²) in [6.07, 6.45) is 0. The van der Waals surface area contributed by atoms with E-state index in [4.69, 9.17) is 22.4 Å². The second-order valence-electron chi connectivity index (χ2n) is 3.99. The van der Waals surface area contributed by atoms with Gasteiger partial charge in [-0.1, -0.05) is 23.7 Å². The van der Waals surface area contributed by atoms with Crippen molar-refractivity contribution in [2.75, 3.05) is 0 Å². The summed E-state index contributed by atoms with van der Waals surface area (Å²) in [5, 5.41) is 9.01. The van der Waals surface area contributed by atoms with Crippen LogP contribution < -0.4 is 5.73 Å². The van der Waals surface area contributed by atoms with Gasteiger partial charge in [-0.15, -0.1) is 0 Å². The maximum Gasteiger partial charge on any atom is 0.325 e. The van der Waals surface area contributed by atoms with Crippen LogP contribution in [0.4, 0.5) is 4.39 Å². The number of carboxylic acid groups (broad SMARTS) is 1. The molecule has 0 fully saturated rings. The predicted octanol–water partition coefficient (Wildman–Crippen LogP) is 2.63. The largest absolute Gasteiger partial charge is 0.480 e. The van der Waals surface area contributed by atoms with E-state index in [-0.39, 0.29) is 16.1 Å². The molecule has 1 atom stereocenters. The Bertz CT molecular complexity index is 415. The van der Waals surface area contributed by atoms with Crippen molar-refractivity contribution in [3.8, 4) is 0 Å². The minimum atomic E-state index is -1.74. The highest BCUT2D eigenvalue weighted by Gasteiger charge is 2.29. The molecule has 0 saturated carbocycles. The van der Waals surface area contributed by atoms with Crippen molar-refractivity contribution in [1.29, 1.82) is 0 Å². The van der Waals surface area contributed by atoms with Gasteiger partial charge in [0.25, 0.3) is 0 Å². The van der Waals surface area contributed by atoms with Gasteiger partial charge in [-0.05, 0) is 25.5 Å². The van der Waals surface area contributed by atoms with E-state index in [2.05, 4.69) is 0 Å². The second-order valence-corrected chi connectivity index (χ2v) is 4.40. The van der Waals surface area contributed by atoms with Gasteiger partial charge in [-0.25, -0.2) is 4.39 Å². The number of carbonyl (C=O) groups is 1. The highest BCUT2D eigenvalue weighted by atomic mass is 35.5. The van der Waals surface area contributed by atoms with E-state index in [0.29, 0.717) is 0 Å². The van der Waals surface area contributed by atoms with Gasteiger partial charge < -0.3 is 10.8 Å². The fraction of sp³-hybridized carbons (Fsp3) is 0.364. The first kappa shape index (κ1) is 12.9. The van der Waals surface area contributed by atoms with E-state index in [9.17, 15) is 9.18 Å². The van der Waals surface area contributed by atoms with Crippen LogP contribution >= 0.6 is 11.6 Å². The number of carboxylic acids is 1. The van der Waals surface area contributed by atoms with E-state index >= 15 is 0 Å². The van der Waals surface area contributed by atoms with Crippen molar-refractivity contribution < 1.29 is 14.3 Å². The summed E-state index contributed by atoms with van der Waals surface area (Å²) in [7, 11) is 0. The van der Waals surface area contributed by atoms with Crippen LogP contribution in [0.15, 0.2) is 18.2 Å². The Balaban J connectivity index is 3.40. The molecule has 3 nitrogen and oxygen atoms in total. The van der Waals surface area contributed by atoms with Crippen LogP contribution in [0.1, 0.15) is 31.0 Å². The lowest BCUT2D eigenvalue weighted by Gasteiger charge is -2.22. The van der Waals surface area contributed by atoms with Crippen molar-refractivity contribution in [1.82, 2.24) is 0 Å². The van der Waals surface area contributed by atoms with E-state index in [1.54, 1.807) is 6.07 Å². The number of rotatable bonds is 3. The van der Waals surface area contributed by atoms with Crippen LogP contribution in [0.2, 0.25) is 5.02 Å². The van der Waals surface area contributed by atoms with E-state index in [0.717, 1.165) is 0 Å². The lowest BCUT2D eigenvalue weighted by atomic mass is 9.91. The van der Waals surface area contributed by atoms with Crippen molar-refractivity contribution in [3.05, 3.63) is 34.3 Å². The average Bonchev–Trinajstić information content (AvgIpc) is 2.14. The number of hydrogen-bond acceptors (Lipinski definition) is 2. The summed E-state index contributed by atoms with van der Waals surface area (Å²) in [6, 6.07) is 3.26. The third kappa shape index (κ3) is 2.51. The third-order valence-corrected chi connectivity index (χ3v) is 2.56. The highest BCUT2D eigenvalue weighted by Crippen LogP contribution is 2.36. The zero-order valence-electron chi connectivity index (χ0n) is 9.00. The Morgan fingerprint density at radius 3 is 2.56 bits per heavy atom. The van der Waals surface area contributed by atoms with Crippen molar-refractivity contribution in [2.45, 2.75) is 25.6 Å². The molecule has 88 valence electrons. The number of halogens is 2. The number of benzene rings is 1. The maximum absolute atomic E-state index is 13.9. The predicted molar refractivity (Wildman–Crippen MR) is 60.2 cm³/mol. The van der Waals surface area contributed by atoms with Crippen LogP contribution in [0.3, 0.4) is 0 Å². The van der Waals surface area contributed by atoms with E-state index in [1.165, 1.54) is 26.0 Å². The molecule has 16 heavy (non-hydrogen) atoms. The van der Waals surface area contributed by atoms with Gasteiger partial charge in [0.15, 0.2) is 0 Å². The first-order chi connectivity index (χ1) is 7.25. The fourth-order valence-electron chi connectivity index (χ4n) is 1.56. The standard InChI is InChI=1S/C11H13ClFNO2/c1-11(2,13)8-6(9(14)10(15)16)4-3-5-7(8)12/h3-5,9H,14H2,1-2H3,(H,15,16). The number of hydrogen-bond donors (Lipinski definition) is 2. The molecule has 0 aliphatic heterocycles. The first-order valence-corrected chi connectivity index (χ1v) is 5.09. The minimum absolute atomic E-state index is 0.131. The average molecular weight is 246 g/mol. The van der Waals surface area contributed by atoms with Crippen LogP contribution in [0, 0.1) is 0 Å². The normalized spacial score (nSPS) is 13.6. The Morgan fingerprint density at radius 1 is 1.56 bits per heavy atom. The molecule has 3 N–H and O–H groups in total. The minimum Gasteiger partial charge on any atom is -0.480 e. The zero-order valence-corrected chi connectivity index (χ0v) is 9.75. The number of aliphatic carboxylic acids is 1. The molecule has 0 radical (unpaired) electrons. The smallest absolute Gasteiger partial charge is 0.325 e. The molecular weight excluding hydrogens is 233 g/mol. The quantitative estimate of drug-likeness (QED) is 0.861. The molecule has 0 aromatic heterocycles. The first-order valence-electron chi connectivity index (χ1n) is 4.71. The van der Waals surface area contributed by atoms with E-state index in [1.807, 2.05) is 0 Å². The molecule has 1 aromatic rings. The van der Waals surface area contributed by atoms with Crippen LogP contribution in [0.25, 0.3) is 0 Å². The second kappa shape index (κ2) is 4.39. The topological polar surface area (TPSA) is 63.3 Å². The number of nitrogens with two attached hydrogens (primary N) is 1. The summed E-state index contributed by atoms with van der Waals surface area (Å²) < 4.78 is 13.9. The molecule has 0 bridgehead atoms. The lowest BCUT2D eigenvalue weighted by Crippen LogP contribution is -2.25. The summed E-state index contributed by atoms with van der Waals surface area (Å²) in [4.78, 5) is 10.8. The molecule has 0 heterocycles.